The van der Waals surface area contributed by atoms with E-state index in [1.54, 1.807) is 6.08 Å². The lowest BCUT2D eigenvalue weighted by Crippen LogP contribution is -2.37. The van der Waals surface area contributed by atoms with E-state index < -0.39 is 6.09 Å². The lowest BCUT2D eigenvalue weighted by molar-refractivity contribution is -0.117. The first-order chi connectivity index (χ1) is 17.9. The number of nitrogens with zero attached hydrogens (tertiary/aromatic N) is 4. The molecule has 3 aliphatic rings. The molecule has 0 aliphatic carbocycles. The molecular formula is C27H29N5O5. The number of aliphatic imine (C=N–C) groups is 1. The number of fused-ring (bicyclic) bond motifs is 3. The Kier molecular flexibility index (Phi) is 6.56. The number of ether oxygens (including phenoxy) is 3. The third kappa shape index (κ3) is 4.62. The number of methoxy groups -OCH3 is 1. The standard InChI is InChI=1S/C27H29N5O5/c1-16(12-22-26(28-3)36-11-10-32(22)27(34)35-4)30-24-14-20-17(2)37-23-13-18(31-9-5-6-25(31)33)7-8-19(23)21(20)15-29-24/h7-8,12-15,17H,3,5-6,9-11H2,1-2,4H3,(H,29,30)/b16-12+. The highest BCUT2D eigenvalue weighted by Gasteiger charge is 2.28. The van der Waals surface area contributed by atoms with Crippen molar-refractivity contribution in [1.82, 2.24) is 9.88 Å². The van der Waals surface area contributed by atoms with Crippen LogP contribution in [0, 0.1) is 0 Å². The fraction of sp³-hybridized carbons (Fsp3) is 0.333. The molecule has 1 N–H and O–H groups in total. The van der Waals surface area contributed by atoms with Crippen LogP contribution in [0.25, 0.3) is 11.1 Å². The normalized spacial score (nSPS) is 19.1. The molecule has 3 aliphatic heterocycles. The molecule has 2 amide bonds. The minimum atomic E-state index is -0.503. The van der Waals surface area contributed by atoms with E-state index in [2.05, 4.69) is 22.0 Å². The summed E-state index contributed by atoms with van der Waals surface area (Å²) >= 11 is 0. The molecule has 1 fully saturated rings. The van der Waals surface area contributed by atoms with Crippen molar-refractivity contribution in [3.8, 4) is 16.9 Å². The highest BCUT2D eigenvalue weighted by molar-refractivity contribution is 5.96. The summed E-state index contributed by atoms with van der Waals surface area (Å²) in [5.41, 5.74) is 4.95. The van der Waals surface area contributed by atoms with Gasteiger partial charge in [-0.05, 0) is 51.3 Å². The van der Waals surface area contributed by atoms with Crippen LogP contribution in [0.5, 0.6) is 5.75 Å². The molecule has 0 saturated carbocycles. The molecule has 5 rings (SSSR count). The van der Waals surface area contributed by atoms with E-state index in [-0.39, 0.29) is 17.9 Å². The fourth-order valence-electron chi connectivity index (χ4n) is 4.83. The fourth-order valence-corrected chi connectivity index (χ4v) is 4.83. The molecule has 192 valence electrons. The number of aromatic nitrogens is 1. The third-order valence-corrected chi connectivity index (χ3v) is 6.60. The van der Waals surface area contributed by atoms with E-state index in [1.165, 1.54) is 12.0 Å². The predicted octanol–water partition coefficient (Wildman–Crippen LogP) is 4.61. The van der Waals surface area contributed by atoms with Gasteiger partial charge in [0.25, 0.3) is 0 Å². The zero-order valence-electron chi connectivity index (χ0n) is 21.1. The number of pyridine rings is 1. The van der Waals surface area contributed by atoms with Gasteiger partial charge in [-0.3, -0.25) is 9.69 Å². The van der Waals surface area contributed by atoms with Crippen LogP contribution in [-0.2, 0) is 14.3 Å². The third-order valence-electron chi connectivity index (χ3n) is 6.60. The van der Waals surface area contributed by atoms with Crippen molar-refractivity contribution in [1.29, 1.82) is 0 Å². The smallest absolute Gasteiger partial charge is 0.414 e. The Hall–Kier alpha value is -4.34. The summed E-state index contributed by atoms with van der Waals surface area (Å²) in [7, 11) is 1.33. The highest BCUT2D eigenvalue weighted by Crippen LogP contribution is 2.44. The summed E-state index contributed by atoms with van der Waals surface area (Å²) < 4.78 is 16.7. The second-order valence-corrected chi connectivity index (χ2v) is 9.02. The molecule has 37 heavy (non-hydrogen) atoms. The first-order valence-corrected chi connectivity index (χ1v) is 12.2. The van der Waals surface area contributed by atoms with Gasteiger partial charge in [0, 0.05) is 53.3 Å². The summed E-state index contributed by atoms with van der Waals surface area (Å²) in [5.74, 6) is 1.77. The van der Waals surface area contributed by atoms with Crippen LogP contribution < -0.4 is 15.0 Å². The minimum Gasteiger partial charge on any atom is -0.485 e. The molecule has 1 unspecified atom stereocenters. The van der Waals surface area contributed by atoms with E-state index in [1.807, 2.05) is 49.2 Å². The van der Waals surface area contributed by atoms with Crippen molar-refractivity contribution in [3.05, 3.63) is 59.4 Å². The van der Waals surface area contributed by atoms with Gasteiger partial charge >= 0.3 is 6.09 Å². The van der Waals surface area contributed by atoms with E-state index >= 15 is 0 Å². The largest absolute Gasteiger partial charge is 0.485 e. The zero-order valence-corrected chi connectivity index (χ0v) is 21.1. The van der Waals surface area contributed by atoms with Gasteiger partial charge in [0.15, 0.2) is 0 Å². The topological polar surface area (TPSA) is 106 Å². The highest BCUT2D eigenvalue weighted by atomic mass is 16.5. The average Bonchev–Trinajstić information content (AvgIpc) is 3.34. The van der Waals surface area contributed by atoms with Gasteiger partial charge in [0.1, 0.15) is 30.0 Å². The van der Waals surface area contributed by atoms with Crippen LogP contribution in [0.3, 0.4) is 0 Å². The summed E-state index contributed by atoms with van der Waals surface area (Å²) in [6.45, 7) is 8.76. The molecule has 1 atom stereocenters. The van der Waals surface area contributed by atoms with Crippen LogP contribution in [0.15, 0.2) is 58.8 Å². The molecule has 10 heteroatoms. The first kappa shape index (κ1) is 24.4. The van der Waals surface area contributed by atoms with Crippen molar-refractivity contribution < 1.29 is 23.8 Å². The van der Waals surface area contributed by atoms with Crippen LogP contribution >= 0.6 is 0 Å². The number of hydrogen-bond donors (Lipinski definition) is 1. The Morgan fingerprint density at radius 1 is 1.30 bits per heavy atom. The molecular weight excluding hydrogens is 474 g/mol. The quantitative estimate of drug-likeness (QED) is 0.594. The average molecular weight is 504 g/mol. The van der Waals surface area contributed by atoms with Crippen molar-refractivity contribution in [2.75, 3.05) is 37.0 Å². The molecule has 0 bridgehead atoms. The van der Waals surface area contributed by atoms with Gasteiger partial charge < -0.3 is 24.4 Å². The van der Waals surface area contributed by atoms with Crippen molar-refractivity contribution >= 4 is 30.2 Å². The number of anilines is 2. The van der Waals surface area contributed by atoms with E-state index in [4.69, 9.17) is 14.2 Å². The maximum atomic E-state index is 12.2. The number of carbonyl (C=O) groups is 2. The number of hydrogen-bond acceptors (Lipinski definition) is 8. The second kappa shape index (κ2) is 9.96. The van der Waals surface area contributed by atoms with Crippen molar-refractivity contribution in [2.45, 2.75) is 32.8 Å². The van der Waals surface area contributed by atoms with Gasteiger partial charge in [-0.15, -0.1) is 0 Å². The lowest BCUT2D eigenvalue weighted by Gasteiger charge is -2.28. The molecule has 0 radical (unpaired) electrons. The van der Waals surface area contributed by atoms with Crippen LogP contribution in [0.2, 0.25) is 0 Å². The Morgan fingerprint density at radius 3 is 2.86 bits per heavy atom. The second-order valence-electron chi connectivity index (χ2n) is 9.02. The minimum absolute atomic E-state index is 0.145. The van der Waals surface area contributed by atoms with Crippen LogP contribution in [0.1, 0.15) is 38.4 Å². The van der Waals surface area contributed by atoms with Crippen molar-refractivity contribution in [3.63, 3.8) is 0 Å². The van der Waals surface area contributed by atoms with E-state index in [0.717, 1.165) is 41.1 Å². The van der Waals surface area contributed by atoms with Gasteiger partial charge in [0.05, 0.1) is 13.7 Å². The van der Waals surface area contributed by atoms with Crippen molar-refractivity contribution in [2.24, 2.45) is 4.99 Å². The van der Waals surface area contributed by atoms with Gasteiger partial charge in [-0.2, -0.15) is 0 Å². The van der Waals surface area contributed by atoms with Crippen LogP contribution in [0.4, 0.5) is 16.3 Å². The molecule has 2 aromatic rings. The summed E-state index contributed by atoms with van der Waals surface area (Å²) in [6, 6.07) is 7.84. The van der Waals surface area contributed by atoms with E-state index in [9.17, 15) is 9.59 Å². The van der Waals surface area contributed by atoms with Gasteiger partial charge in [0.2, 0.25) is 11.8 Å². The number of benzene rings is 1. The lowest BCUT2D eigenvalue weighted by atomic mass is 9.94. The molecule has 4 heterocycles. The Morgan fingerprint density at radius 2 is 2.14 bits per heavy atom. The number of nitrogens with one attached hydrogen (secondary N) is 1. The SMILES string of the molecule is C=NC1=C(/C=C(\C)Nc2cc3c(cn2)-c2ccc(N4CCCC4=O)cc2OC3C)N(C(=O)OC)CCO1. The summed E-state index contributed by atoms with van der Waals surface area (Å²) in [6.07, 6.45) is 4.32. The number of amides is 2. The predicted molar refractivity (Wildman–Crippen MR) is 139 cm³/mol. The molecule has 0 spiro atoms. The Balaban J connectivity index is 1.41. The maximum absolute atomic E-state index is 12.2. The molecule has 1 aromatic heterocycles. The monoisotopic (exact) mass is 503 g/mol. The first-order valence-electron chi connectivity index (χ1n) is 12.2. The molecule has 1 aromatic carbocycles. The molecule has 10 nitrogen and oxygen atoms in total. The number of allylic oxidation sites excluding steroid dienone is 2. The Bertz CT molecular complexity index is 1330. The summed E-state index contributed by atoms with van der Waals surface area (Å²) in [4.78, 5) is 36.2. The number of rotatable bonds is 5. The number of carbonyl (C=O) groups excluding carboxylic acids is 2. The zero-order chi connectivity index (χ0) is 26.1. The van der Waals surface area contributed by atoms with Gasteiger partial charge in [-0.1, -0.05) is 0 Å². The van der Waals surface area contributed by atoms with Crippen LogP contribution in [-0.4, -0.2) is 55.4 Å². The molecule has 1 saturated heterocycles. The maximum Gasteiger partial charge on any atom is 0.414 e. The van der Waals surface area contributed by atoms with Gasteiger partial charge in [-0.25, -0.2) is 14.8 Å². The van der Waals surface area contributed by atoms with E-state index in [0.29, 0.717) is 36.8 Å². The Labute approximate surface area is 215 Å². The summed E-state index contributed by atoms with van der Waals surface area (Å²) in [5, 5.41) is 3.28.